The average Bonchev–Trinajstić information content (AvgIpc) is 2.43. The van der Waals surface area contributed by atoms with E-state index >= 15 is 0 Å². The van der Waals surface area contributed by atoms with Crippen LogP contribution in [0.3, 0.4) is 0 Å². The molecule has 0 aliphatic carbocycles. The third-order valence-electron chi connectivity index (χ3n) is 3.14. The maximum Gasteiger partial charge on any atom is 0.244 e. The van der Waals surface area contributed by atoms with Crippen LogP contribution in [0.25, 0.3) is 6.08 Å². The fourth-order valence-corrected chi connectivity index (χ4v) is 1.69. The Morgan fingerprint density at radius 2 is 2.05 bits per heavy atom. The van der Waals surface area contributed by atoms with E-state index in [0.717, 1.165) is 11.1 Å². The number of carbonyl (C=O) groups is 1. The standard InChI is InChI=1S/C15H21NO3/c1-3-15(10-17,11-18)16-14(19)8-7-13-6-4-5-12(2)9-13/h4-9,17-18H,3,10-11H2,1-2H3,(H,16,19)/b8-7+. The van der Waals surface area contributed by atoms with Crippen molar-refractivity contribution in [3.05, 3.63) is 41.5 Å². The van der Waals surface area contributed by atoms with Crippen LogP contribution >= 0.6 is 0 Å². The molecule has 0 spiro atoms. The fraction of sp³-hybridized carbons (Fsp3) is 0.400. The molecule has 0 atom stereocenters. The number of amides is 1. The lowest BCUT2D eigenvalue weighted by Gasteiger charge is -2.29. The quantitative estimate of drug-likeness (QED) is 0.677. The van der Waals surface area contributed by atoms with Gasteiger partial charge in [-0.2, -0.15) is 0 Å². The minimum Gasteiger partial charge on any atom is -0.394 e. The summed E-state index contributed by atoms with van der Waals surface area (Å²) in [7, 11) is 0. The van der Waals surface area contributed by atoms with Gasteiger partial charge in [-0.1, -0.05) is 36.8 Å². The molecule has 0 aliphatic heterocycles. The molecule has 1 amide bonds. The first-order valence-electron chi connectivity index (χ1n) is 6.34. The summed E-state index contributed by atoms with van der Waals surface area (Å²) in [6.45, 7) is 3.21. The molecule has 0 aliphatic rings. The Bertz CT molecular complexity index is 442. The summed E-state index contributed by atoms with van der Waals surface area (Å²) in [5.74, 6) is -0.327. The third kappa shape index (κ3) is 4.50. The second-order valence-corrected chi connectivity index (χ2v) is 4.69. The van der Waals surface area contributed by atoms with Gasteiger partial charge in [-0.3, -0.25) is 4.79 Å². The molecule has 0 aromatic heterocycles. The molecule has 1 aromatic carbocycles. The zero-order valence-electron chi connectivity index (χ0n) is 11.4. The van der Waals surface area contributed by atoms with Gasteiger partial charge in [-0.05, 0) is 25.0 Å². The molecule has 0 saturated heterocycles. The molecule has 0 bridgehead atoms. The van der Waals surface area contributed by atoms with Crippen LogP contribution < -0.4 is 5.32 Å². The number of aliphatic hydroxyl groups excluding tert-OH is 2. The number of aliphatic hydroxyl groups is 2. The van der Waals surface area contributed by atoms with Crippen LogP contribution in [0.15, 0.2) is 30.3 Å². The van der Waals surface area contributed by atoms with E-state index in [1.165, 1.54) is 6.08 Å². The lowest BCUT2D eigenvalue weighted by atomic mass is 9.98. The molecule has 0 unspecified atom stereocenters. The molecule has 3 N–H and O–H groups in total. The highest BCUT2D eigenvalue weighted by Gasteiger charge is 2.27. The van der Waals surface area contributed by atoms with Crippen LogP contribution in [0.4, 0.5) is 0 Å². The van der Waals surface area contributed by atoms with Crippen molar-refractivity contribution in [1.82, 2.24) is 5.32 Å². The molecule has 0 fully saturated rings. The molecular formula is C15H21NO3. The zero-order chi connectivity index (χ0) is 14.3. The van der Waals surface area contributed by atoms with E-state index in [1.807, 2.05) is 31.2 Å². The van der Waals surface area contributed by atoms with Crippen LogP contribution in [0.2, 0.25) is 0 Å². The third-order valence-corrected chi connectivity index (χ3v) is 3.14. The van der Waals surface area contributed by atoms with Crippen LogP contribution in [0, 0.1) is 6.92 Å². The minimum absolute atomic E-state index is 0.288. The Balaban J connectivity index is 2.69. The fourth-order valence-electron chi connectivity index (χ4n) is 1.69. The monoisotopic (exact) mass is 263 g/mol. The van der Waals surface area contributed by atoms with Crippen LogP contribution in [0.1, 0.15) is 24.5 Å². The summed E-state index contributed by atoms with van der Waals surface area (Å²) < 4.78 is 0. The van der Waals surface area contributed by atoms with Gasteiger partial charge in [0, 0.05) is 6.08 Å². The van der Waals surface area contributed by atoms with Crippen LogP contribution in [-0.4, -0.2) is 34.9 Å². The first-order chi connectivity index (χ1) is 9.05. The molecule has 19 heavy (non-hydrogen) atoms. The Kier molecular flexibility index (Phi) is 5.73. The highest BCUT2D eigenvalue weighted by Crippen LogP contribution is 2.09. The van der Waals surface area contributed by atoms with Crippen molar-refractivity contribution in [2.24, 2.45) is 0 Å². The second kappa shape index (κ2) is 7.07. The van der Waals surface area contributed by atoms with Gasteiger partial charge >= 0.3 is 0 Å². The second-order valence-electron chi connectivity index (χ2n) is 4.69. The Morgan fingerprint density at radius 1 is 1.37 bits per heavy atom. The molecule has 4 heteroatoms. The molecule has 104 valence electrons. The maximum absolute atomic E-state index is 11.8. The summed E-state index contributed by atoms with van der Waals surface area (Å²) in [4.78, 5) is 11.8. The Hall–Kier alpha value is -1.65. The van der Waals surface area contributed by atoms with E-state index in [9.17, 15) is 15.0 Å². The van der Waals surface area contributed by atoms with Gasteiger partial charge in [-0.15, -0.1) is 0 Å². The number of hydrogen-bond donors (Lipinski definition) is 3. The van der Waals surface area contributed by atoms with Crippen LogP contribution in [-0.2, 0) is 4.79 Å². The van der Waals surface area contributed by atoms with Crippen molar-refractivity contribution in [3.8, 4) is 0 Å². The largest absolute Gasteiger partial charge is 0.394 e. The number of aryl methyl sites for hydroxylation is 1. The average molecular weight is 263 g/mol. The number of carbonyl (C=O) groups excluding carboxylic acids is 1. The van der Waals surface area contributed by atoms with E-state index in [0.29, 0.717) is 6.42 Å². The zero-order valence-corrected chi connectivity index (χ0v) is 11.4. The van der Waals surface area contributed by atoms with Gasteiger partial charge in [0.1, 0.15) is 0 Å². The Labute approximate surface area is 113 Å². The van der Waals surface area contributed by atoms with E-state index < -0.39 is 5.54 Å². The van der Waals surface area contributed by atoms with Crippen molar-refractivity contribution < 1.29 is 15.0 Å². The van der Waals surface area contributed by atoms with Crippen molar-refractivity contribution in [1.29, 1.82) is 0 Å². The van der Waals surface area contributed by atoms with Crippen molar-refractivity contribution >= 4 is 12.0 Å². The predicted molar refractivity (Wildman–Crippen MR) is 75.5 cm³/mol. The van der Waals surface area contributed by atoms with Gasteiger partial charge < -0.3 is 15.5 Å². The van der Waals surface area contributed by atoms with Crippen molar-refractivity contribution in [2.45, 2.75) is 25.8 Å². The van der Waals surface area contributed by atoms with Crippen molar-refractivity contribution in [3.63, 3.8) is 0 Å². The number of nitrogens with one attached hydrogen (secondary N) is 1. The van der Waals surface area contributed by atoms with E-state index in [4.69, 9.17) is 0 Å². The van der Waals surface area contributed by atoms with Gasteiger partial charge in [-0.25, -0.2) is 0 Å². The van der Waals surface area contributed by atoms with Gasteiger partial charge in [0.25, 0.3) is 0 Å². The SMILES string of the molecule is CCC(CO)(CO)NC(=O)/C=C/c1cccc(C)c1. The summed E-state index contributed by atoms with van der Waals surface area (Å²) in [6.07, 6.45) is 3.58. The molecular weight excluding hydrogens is 242 g/mol. The molecule has 0 saturated carbocycles. The molecule has 1 rings (SSSR count). The van der Waals surface area contributed by atoms with E-state index in [-0.39, 0.29) is 19.1 Å². The first-order valence-corrected chi connectivity index (χ1v) is 6.34. The smallest absolute Gasteiger partial charge is 0.244 e. The van der Waals surface area contributed by atoms with Crippen LogP contribution in [0.5, 0.6) is 0 Å². The van der Waals surface area contributed by atoms with E-state index in [1.54, 1.807) is 13.0 Å². The molecule has 1 aromatic rings. The lowest BCUT2D eigenvalue weighted by Crippen LogP contribution is -2.53. The molecule has 0 heterocycles. The van der Waals surface area contributed by atoms with E-state index in [2.05, 4.69) is 5.32 Å². The van der Waals surface area contributed by atoms with Gasteiger partial charge in [0.15, 0.2) is 0 Å². The highest BCUT2D eigenvalue weighted by molar-refractivity contribution is 5.92. The summed E-state index contributed by atoms with van der Waals surface area (Å²) in [6, 6.07) is 7.78. The maximum atomic E-state index is 11.8. The Morgan fingerprint density at radius 3 is 2.58 bits per heavy atom. The predicted octanol–water partition coefficient (Wildman–Crippen LogP) is 1.26. The highest BCUT2D eigenvalue weighted by atomic mass is 16.3. The number of hydrogen-bond acceptors (Lipinski definition) is 3. The molecule has 0 radical (unpaired) electrons. The lowest BCUT2D eigenvalue weighted by molar-refractivity contribution is -0.119. The summed E-state index contributed by atoms with van der Waals surface area (Å²) in [5, 5.41) is 21.1. The summed E-state index contributed by atoms with van der Waals surface area (Å²) >= 11 is 0. The van der Waals surface area contributed by atoms with Gasteiger partial charge in [0.05, 0.1) is 18.8 Å². The topological polar surface area (TPSA) is 69.6 Å². The first kappa shape index (κ1) is 15.4. The normalized spacial score (nSPS) is 11.8. The van der Waals surface area contributed by atoms with Crippen molar-refractivity contribution in [2.75, 3.05) is 13.2 Å². The minimum atomic E-state index is -0.950. The van der Waals surface area contributed by atoms with Gasteiger partial charge in [0.2, 0.25) is 5.91 Å². The number of rotatable bonds is 6. The summed E-state index contributed by atoms with van der Waals surface area (Å²) in [5.41, 5.74) is 1.11. The number of benzene rings is 1. The molecule has 4 nitrogen and oxygen atoms in total.